The molecule has 0 aromatic heterocycles. The lowest BCUT2D eigenvalue weighted by atomic mass is 10.0. The number of aliphatic hydroxyl groups excluding tert-OH is 2. The van der Waals surface area contributed by atoms with Crippen molar-refractivity contribution in [2.24, 2.45) is 0 Å². The average molecular weight is 1160 g/mol. The topological polar surface area (TPSA) is 95.9 Å². The van der Waals surface area contributed by atoms with Crippen molar-refractivity contribution < 1.29 is 24.5 Å². The second-order valence-electron chi connectivity index (χ2n) is 26.0. The van der Waals surface area contributed by atoms with Gasteiger partial charge in [0.05, 0.1) is 25.4 Å². The minimum atomic E-state index is -0.663. The molecule has 1 amide bonds. The third-order valence-corrected chi connectivity index (χ3v) is 17.8. The first-order valence-corrected chi connectivity index (χ1v) is 37.6. The minimum absolute atomic E-state index is 0.0185. The Bertz CT molecular complexity index is 1280. The Balaban J connectivity index is 3.36. The molecule has 0 aliphatic rings. The highest BCUT2D eigenvalue weighted by Crippen LogP contribution is 2.19. The number of nitrogens with one attached hydrogen (secondary N) is 1. The van der Waals surface area contributed by atoms with Gasteiger partial charge in [-0.3, -0.25) is 9.59 Å². The molecular formula is C76H147NO5. The van der Waals surface area contributed by atoms with Crippen molar-refractivity contribution in [3.05, 3.63) is 24.3 Å². The molecule has 0 aliphatic carbocycles. The number of ether oxygens (including phenoxy) is 1. The largest absolute Gasteiger partial charge is 0.466 e. The summed E-state index contributed by atoms with van der Waals surface area (Å²) in [4.78, 5) is 24.6. The van der Waals surface area contributed by atoms with Gasteiger partial charge in [0.25, 0.3) is 0 Å². The van der Waals surface area contributed by atoms with E-state index in [9.17, 15) is 19.8 Å². The molecule has 0 fully saturated rings. The number of hydrogen-bond donors (Lipinski definition) is 3. The van der Waals surface area contributed by atoms with Crippen LogP contribution in [0.3, 0.4) is 0 Å². The van der Waals surface area contributed by atoms with Gasteiger partial charge in [-0.05, 0) is 57.8 Å². The number of esters is 1. The maximum absolute atomic E-state index is 12.5. The van der Waals surface area contributed by atoms with E-state index in [4.69, 9.17) is 4.74 Å². The van der Waals surface area contributed by atoms with E-state index in [1.807, 2.05) is 0 Å². The second-order valence-corrected chi connectivity index (χ2v) is 26.0. The first-order chi connectivity index (χ1) is 40.5. The molecule has 0 heterocycles. The number of amides is 1. The first kappa shape index (κ1) is 80.3. The van der Waals surface area contributed by atoms with Gasteiger partial charge in [-0.1, -0.05) is 378 Å². The Labute approximate surface area is 513 Å². The summed E-state index contributed by atoms with van der Waals surface area (Å²) < 4.78 is 5.50. The van der Waals surface area contributed by atoms with Crippen molar-refractivity contribution >= 4 is 11.9 Å². The lowest BCUT2D eigenvalue weighted by Crippen LogP contribution is -2.45. The number of unbranched alkanes of at least 4 members (excludes halogenated alkanes) is 56. The fraction of sp³-hybridized carbons (Fsp3) is 0.921. The van der Waals surface area contributed by atoms with E-state index < -0.39 is 12.1 Å². The molecule has 0 aromatic rings. The molecule has 82 heavy (non-hydrogen) atoms. The molecule has 6 heteroatoms. The SMILES string of the molecule is CCCCCCCCCCCCCCCCCCC(=O)OCCCCCCCCCCC/C=C\C/C=C\CCCCCCCCCCCCCCCCCCCC(=O)NC(CO)C(O)CCCCCCCCCCCCCCCCCC. The Hall–Kier alpha value is -1.66. The van der Waals surface area contributed by atoms with Crippen molar-refractivity contribution in [3.63, 3.8) is 0 Å². The number of aliphatic hydroxyl groups is 2. The molecule has 0 bridgehead atoms. The monoisotopic (exact) mass is 1150 g/mol. The van der Waals surface area contributed by atoms with Crippen molar-refractivity contribution in [2.45, 2.75) is 437 Å². The molecule has 0 aliphatic heterocycles. The summed E-state index contributed by atoms with van der Waals surface area (Å²) >= 11 is 0. The molecule has 0 saturated heterocycles. The van der Waals surface area contributed by atoms with Gasteiger partial charge in [-0.15, -0.1) is 0 Å². The summed E-state index contributed by atoms with van der Waals surface area (Å²) in [6, 6.07) is -0.540. The maximum Gasteiger partial charge on any atom is 0.305 e. The highest BCUT2D eigenvalue weighted by molar-refractivity contribution is 5.76. The van der Waals surface area contributed by atoms with E-state index in [0.29, 0.717) is 25.9 Å². The van der Waals surface area contributed by atoms with Crippen LogP contribution in [0.5, 0.6) is 0 Å². The minimum Gasteiger partial charge on any atom is -0.466 e. The Kier molecular flexibility index (Phi) is 70.4. The number of rotatable bonds is 71. The number of hydrogen-bond acceptors (Lipinski definition) is 5. The van der Waals surface area contributed by atoms with Crippen LogP contribution in [0.15, 0.2) is 24.3 Å². The summed E-state index contributed by atoms with van der Waals surface area (Å²) in [5.41, 5.74) is 0. The lowest BCUT2D eigenvalue weighted by molar-refractivity contribution is -0.143. The third kappa shape index (κ3) is 67.5. The van der Waals surface area contributed by atoms with E-state index in [-0.39, 0.29) is 18.5 Å². The highest BCUT2D eigenvalue weighted by Gasteiger charge is 2.20. The molecule has 0 rings (SSSR count). The fourth-order valence-electron chi connectivity index (χ4n) is 12.0. The Morgan fingerprint density at radius 3 is 0.927 bits per heavy atom. The summed E-state index contributed by atoms with van der Waals surface area (Å²) in [6.07, 6.45) is 91.1. The molecule has 3 N–H and O–H groups in total. The van der Waals surface area contributed by atoms with Crippen LogP contribution in [0.25, 0.3) is 0 Å². The van der Waals surface area contributed by atoms with Crippen LogP contribution in [0.4, 0.5) is 0 Å². The molecule has 0 aromatic carbocycles. The van der Waals surface area contributed by atoms with Crippen LogP contribution in [0.1, 0.15) is 425 Å². The number of carbonyl (C=O) groups excluding carboxylic acids is 2. The smallest absolute Gasteiger partial charge is 0.305 e. The molecule has 2 atom stereocenters. The molecule has 0 saturated carbocycles. The van der Waals surface area contributed by atoms with Crippen LogP contribution in [0, 0.1) is 0 Å². The van der Waals surface area contributed by atoms with Gasteiger partial charge >= 0.3 is 5.97 Å². The van der Waals surface area contributed by atoms with Crippen molar-refractivity contribution in [3.8, 4) is 0 Å². The van der Waals surface area contributed by atoms with E-state index in [0.717, 1.165) is 44.9 Å². The highest BCUT2D eigenvalue weighted by atomic mass is 16.5. The van der Waals surface area contributed by atoms with Gasteiger partial charge < -0.3 is 20.3 Å². The zero-order chi connectivity index (χ0) is 59.2. The summed E-state index contributed by atoms with van der Waals surface area (Å²) in [5.74, 6) is -0.0110. The standard InChI is InChI=1S/C76H147NO5/c1-3-5-7-9-11-13-15-17-19-40-44-48-52-56-60-64-68-74(79)73(72-78)77-75(80)69-65-61-57-53-49-45-41-38-36-34-32-30-28-26-24-22-21-23-25-27-29-31-33-35-37-39-43-47-51-55-59-63-67-71-82-76(81)70-66-62-58-54-50-46-42-20-18-16-14-12-10-8-6-4-2/h25,27,31,33,73-74,78-79H,3-24,26,28-30,32,34-72H2,1-2H3,(H,77,80)/b27-25-,33-31-. The Morgan fingerprint density at radius 2 is 0.610 bits per heavy atom. The van der Waals surface area contributed by atoms with E-state index in [2.05, 4.69) is 43.5 Å². The van der Waals surface area contributed by atoms with Crippen molar-refractivity contribution in [2.75, 3.05) is 13.2 Å². The van der Waals surface area contributed by atoms with Gasteiger partial charge in [0.1, 0.15) is 0 Å². The summed E-state index contributed by atoms with van der Waals surface area (Å²) in [6.45, 7) is 5.00. The van der Waals surface area contributed by atoms with Crippen LogP contribution in [-0.2, 0) is 14.3 Å². The maximum atomic E-state index is 12.5. The predicted octanol–water partition coefficient (Wildman–Crippen LogP) is 24.5. The summed E-state index contributed by atoms with van der Waals surface area (Å²) in [5, 5.41) is 23.4. The fourth-order valence-corrected chi connectivity index (χ4v) is 12.0. The third-order valence-electron chi connectivity index (χ3n) is 17.8. The second kappa shape index (κ2) is 71.8. The van der Waals surface area contributed by atoms with Crippen LogP contribution in [-0.4, -0.2) is 47.4 Å². The average Bonchev–Trinajstić information content (AvgIpc) is 3.48. The number of carbonyl (C=O) groups is 2. The molecule has 2 unspecified atom stereocenters. The van der Waals surface area contributed by atoms with E-state index in [1.54, 1.807) is 0 Å². The molecule has 0 radical (unpaired) electrons. The molecular weight excluding hydrogens is 1010 g/mol. The van der Waals surface area contributed by atoms with Crippen LogP contribution in [0.2, 0.25) is 0 Å². The zero-order valence-electron chi connectivity index (χ0n) is 55.8. The quantitative estimate of drug-likeness (QED) is 0.0320. The van der Waals surface area contributed by atoms with Gasteiger partial charge in [0, 0.05) is 12.8 Å². The van der Waals surface area contributed by atoms with Gasteiger partial charge in [-0.25, -0.2) is 0 Å². The Morgan fingerprint density at radius 1 is 0.341 bits per heavy atom. The van der Waals surface area contributed by atoms with Gasteiger partial charge in [-0.2, -0.15) is 0 Å². The van der Waals surface area contributed by atoms with Crippen molar-refractivity contribution in [1.82, 2.24) is 5.32 Å². The van der Waals surface area contributed by atoms with E-state index >= 15 is 0 Å². The molecule has 6 nitrogen and oxygen atoms in total. The number of allylic oxidation sites excluding steroid dienone is 4. The van der Waals surface area contributed by atoms with Crippen LogP contribution < -0.4 is 5.32 Å². The molecule has 486 valence electrons. The first-order valence-electron chi connectivity index (χ1n) is 37.6. The normalized spacial score (nSPS) is 12.6. The zero-order valence-corrected chi connectivity index (χ0v) is 55.8. The van der Waals surface area contributed by atoms with Gasteiger partial charge in [0.15, 0.2) is 0 Å². The van der Waals surface area contributed by atoms with Crippen LogP contribution >= 0.6 is 0 Å². The van der Waals surface area contributed by atoms with Crippen molar-refractivity contribution in [1.29, 1.82) is 0 Å². The predicted molar refractivity (Wildman–Crippen MR) is 361 cm³/mol. The summed E-state index contributed by atoms with van der Waals surface area (Å²) in [7, 11) is 0. The van der Waals surface area contributed by atoms with Gasteiger partial charge in [0.2, 0.25) is 5.91 Å². The lowest BCUT2D eigenvalue weighted by Gasteiger charge is -2.22. The molecule has 0 spiro atoms. The van der Waals surface area contributed by atoms with E-state index in [1.165, 1.54) is 347 Å².